The molecule has 0 bridgehead atoms. The molecule has 1 aromatic heterocycles. The lowest BCUT2D eigenvalue weighted by Gasteiger charge is -2.05. The Bertz CT molecular complexity index is 563. The number of methoxy groups -OCH3 is 1. The Balaban J connectivity index is 2.40. The van der Waals surface area contributed by atoms with Crippen LogP contribution in [-0.2, 0) is 4.74 Å². The van der Waals surface area contributed by atoms with Crippen molar-refractivity contribution in [2.45, 2.75) is 6.92 Å². The van der Waals surface area contributed by atoms with Crippen molar-refractivity contribution >= 4 is 5.97 Å². The summed E-state index contributed by atoms with van der Waals surface area (Å²) in [5.41, 5.74) is 0.740. The van der Waals surface area contributed by atoms with Gasteiger partial charge in [0, 0.05) is 6.07 Å². The van der Waals surface area contributed by atoms with Crippen LogP contribution in [0.1, 0.15) is 16.2 Å². The van der Waals surface area contributed by atoms with E-state index in [9.17, 15) is 9.90 Å². The summed E-state index contributed by atoms with van der Waals surface area (Å²) in [5.74, 6) is -0.104. The van der Waals surface area contributed by atoms with Gasteiger partial charge in [-0.2, -0.15) is 5.10 Å². The van der Waals surface area contributed by atoms with Crippen LogP contribution in [0, 0.1) is 6.92 Å². The van der Waals surface area contributed by atoms with E-state index >= 15 is 0 Å². The number of aromatic nitrogens is 3. The normalized spacial score (nSPS) is 10.2. The fourth-order valence-corrected chi connectivity index (χ4v) is 1.42. The first-order valence-electron chi connectivity index (χ1n) is 4.92. The second-order valence-corrected chi connectivity index (χ2v) is 3.43. The quantitative estimate of drug-likeness (QED) is 0.785. The monoisotopic (exact) mass is 233 g/mol. The highest BCUT2D eigenvalue weighted by Gasteiger charge is 2.12. The van der Waals surface area contributed by atoms with E-state index in [1.165, 1.54) is 30.3 Å². The van der Waals surface area contributed by atoms with Gasteiger partial charge < -0.3 is 9.84 Å². The van der Waals surface area contributed by atoms with Gasteiger partial charge in [0.2, 0.25) is 0 Å². The molecule has 0 amide bonds. The molecule has 0 aliphatic rings. The molecular formula is C11H11N3O3. The minimum Gasteiger partial charge on any atom is -0.507 e. The van der Waals surface area contributed by atoms with Crippen molar-refractivity contribution in [2.75, 3.05) is 7.11 Å². The number of ether oxygens (including phenoxy) is 1. The third kappa shape index (κ3) is 2.10. The molecule has 1 heterocycles. The number of carbonyl (C=O) groups excluding carboxylic acids is 1. The van der Waals surface area contributed by atoms with Gasteiger partial charge in [0.1, 0.15) is 23.5 Å². The molecule has 1 N–H and O–H groups in total. The third-order valence-electron chi connectivity index (χ3n) is 2.26. The number of hydrogen-bond acceptors (Lipinski definition) is 5. The largest absolute Gasteiger partial charge is 0.507 e. The number of nitrogens with zero attached hydrogens (tertiary/aromatic N) is 3. The number of phenols is 1. The number of phenolic OH excluding ortho intramolecular Hbond substituents is 1. The molecule has 0 atom stereocenters. The number of esters is 1. The topological polar surface area (TPSA) is 77.2 Å². The number of aromatic hydroxyl groups is 1. The van der Waals surface area contributed by atoms with Gasteiger partial charge in [-0.3, -0.25) is 0 Å². The fraction of sp³-hybridized carbons (Fsp3) is 0.182. The highest BCUT2D eigenvalue weighted by atomic mass is 16.5. The van der Waals surface area contributed by atoms with Gasteiger partial charge in [0.25, 0.3) is 0 Å². The highest BCUT2D eigenvalue weighted by molar-refractivity contribution is 5.92. The van der Waals surface area contributed by atoms with Gasteiger partial charge in [-0.15, -0.1) is 0 Å². The van der Waals surface area contributed by atoms with Crippen molar-refractivity contribution in [3.05, 3.63) is 35.9 Å². The van der Waals surface area contributed by atoms with Crippen LogP contribution in [0.3, 0.4) is 0 Å². The van der Waals surface area contributed by atoms with E-state index in [4.69, 9.17) is 0 Å². The van der Waals surface area contributed by atoms with Crippen molar-refractivity contribution in [3.8, 4) is 11.4 Å². The van der Waals surface area contributed by atoms with Crippen molar-refractivity contribution in [2.24, 2.45) is 0 Å². The summed E-state index contributed by atoms with van der Waals surface area (Å²) in [7, 11) is 1.26. The third-order valence-corrected chi connectivity index (χ3v) is 2.26. The molecule has 0 radical (unpaired) electrons. The van der Waals surface area contributed by atoms with Crippen LogP contribution in [0.15, 0.2) is 24.5 Å². The number of benzene rings is 1. The zero-order chi connectivity index (χ0) is 12.4. The first kappa shape index (κ1) is 11.1. The molecular weight excluding hydrogens is 222 g/mol. The van der Waals surface area contributed by atoms with Gasteiger partial charge in [-0.05, 0) is 19.1 Å². The Labute approximate surface area is 97.5 Å². The Kier molecular flexibility index (Phi) is 2.78. The molecule has 0 fully saturated rings. The average Bonchev–Trinajstić information content (AvgIpc) is 2.75. The molecule has 6 heteroatoms. The maximum atomic E-state index is 11.3. The van der Waals surface area contributed by atoms with Crippen LogP contribution in [-0.4, -0.2) is 33.0 Å². The number of rotatable bonds is 2. The van der Waals surface area contributed by atoms with Crippen LogP contribution in [0.4, 0.5) is 0 Å². The van der Waals surface area contributed by atoms with Crippen molar-refractivity contribution in [3.63, 3.8) is 0 Å². The van der Waals surface area contributed by atoms with E-state index in [0.29, 0.717) is 11.5 Å². The van der Waals surface area contributed by atoms with Gasteiger partial charge in [-0.25, -0.2) is 14.5 Å². The maximum absolute atomic E-state index is 11.3. The lowest BCUT2D eigenvalue weighted by atomic mass is 10.2. The first-order valence-corrected chi connectivity index (χ1v) is 4.92. The Morgan fingerprint density at radius 1 is 1.47 bits per heavy atom. The maximum Gasteiger partial charge on any atom is 0.341 e. The fourth-order valence-electron chi connectivity index (χ4n) is 1.42. The smallest absolute Gasteiger partial charge is 0.341 e. The van der Waals surface area contributed by atoms with E-state index in [-0.39, 0.29) is 11.3 Å². The Morgan fingerprint density at radius 3 is 2.76 bits per heavy atom. The Morgan fingerprint density at radius 2 is 2.24 bits per heavy atom. The summed E-state index contributed by atoms with van der Waals surface area (Å²) in [6.07, 6.45) is 1.53. The summed E-state index contributed by atoms with van der Waals surface area (Å²) in [4.78, 5) is 15.2. The highest BCUT2D eigenvalue weighted by Crippen LogP contribution is 2.21. The van der Waals surface area contributed by atoms with Gasteiger partial charge in [0.05, 0.1) is 12.8 Å². The average molecular weight is 233 g/mol. The molecule has 2 aromatic rings. The molecule has 2 rings (SSSR count). The molecule has 6 nitrogen and oxygen atoms in total. The predicted octanol–water partition coefficient (Wildman–Crippen LogP) is 1.07. The minimum atomic E-state index is -0.580. The van der Waals surface area contributed by atoms with E-state index in [2.05, 4.69) is 14.8 Å². The number of carbonyl (C=O) groups is 1. The molecule has 0 saturated carbocycles. The molecule has 1 aromatic carbocycles. The van der Waals surface area contributed by atoms with Gasteiger partial charge in [-0.1, -0.05) is 0 Å². The van der Waals surface area contributed by atoms with Gasteiger partial charge >= 0.3 is 5.97 Å². The molecule has 0 saturated heterocycles. The number of hydrogen-bond donors (Lipinski definition) is 1. The first-order chi connectivity index (χ1) is 8.11. The second kappa shape index (κ2) is 4.25. The lowest BCUT2D eigenvalue weighted by Crippen LogP contribution is -2.03. The summed E-state index contributed by atoms with van der Waals surface area (Å²) in [6, 6.07) is 4.56. The second-order valence-electron chi connectivity index (χ2n) is 3.43. The molecule has 0 aliphatic carbocycles. The van der Waals surface area contributed by atoms with Crippen LogP contribution in [0.25, 0.3) is 5.69 Å². The minimum absolute atomic E-state index is 0.119. The molecule has 0 aliphatic heterocycles. The molecule has 88 valence electrons. The molecule has 17 heavy (non-hydrogen) atoms. The summed E-state index contributed by atoms with van der Waals surface area (Å²) >= 11 is 0. The number of aryl methyl sites for hydroxylation is 1. The van der Waals surface area contributed by atoms with Crippen LogP contribution in [0.5, 0.6) is 5.75 Å². The predicted molar refractivity (Wildman–Crippen MR) is 59.1 cm³/mol. The SMILES string of the molecule is COC(=O)c1ccc(-n2cnc(C)n2)cc1O. The lowest BCUT2D eigenvalue weighted by molar-refractivity contribution is 0.0597. The molecule has 0 unspecified atom stereocenters. The van der Waals surface area contributed by atoms with Crippen molar-refractivity contribution in [1.82, 2.24) is 14.8 Å². The van der Waals surface area contributed by atoms with Crippen molar-refractivity contribution < 1.29 is 14.6 Å². The van der Waals surface area contributed by atoms with E-state index in [1.54, 1.807) is 13.0 Å². The van der Waals surface area contributed by atoms with E-state index < -0.39 is 5.97 Å². The zero-order valence-corrected chi connectivity index (χ0v) is 9.41. The van der Waals surface area contributed by atoms with Crippen molar-refractivity contribution in [1.29, 1.82) is 0 Å². The standard InChI is InChI=1S/C11H11N3O3/c1-7-12-6-14(13-7)8-3-4-9(10(15)5-8)11(16)17-2/h3-6,15H,1-2H3. The van der Waals surface area contributed by atoms with Crippen LogP contribution >= 0.6 is 0 Å². The summed E-state index contributed by atoms with van der Waals surface area (Å²) in [6.45, 7) is 1.76. The Hall–Kier alpha value is -2.37. The van der Waals surface area contributed by atoms with Gasteiger partial charge in [0.15, 0.2) is 0 Å². The van der Waals surface area contributed by atoms with Crippen LogP contribution < -0.4 is 0 Å². The zero-order valence-electron chi connectivity index (χ0n) is 9.41. The van der Waals surface area contributed by atoms with E-state index in [1.807, 2.05) is 0 Å². The molecule has 0 spiro atoms. The summed E-state index contributed by atoms with van der Waals surface area (Å²) < 4.78 is 6.04. The van der Waals surface area contributed by atoms with Crippen LogP contribution in [0.2, 0.25) is 0 Å². The summed E-state index contributed by atoms with van der Waals surface area (Å²) in [5, 5.41) is 13.8. The van der Waals surface area contributed by atoms with E-state index in [0.717, 1.165) is 0 Å².